The van der Waals surface area contributed by atoms with Crippen LogP contribution in [0.1, 0.15) is 12.8 Å². The van der Waals surface area contributed by atoms with Gasteiger partial charge < -0.3 is 14.7 Å². The Morgan fingerprint density at radius 1 is 1.50 bits per heavy atom. The van der Waals surface area contributed by atoms with Gasteiger partial charge in [0.25, 0.3) is 0 Å². The van der Waals surface area contributed by atoms with Gasteiger partial charge in [0.2, 0.25) is 5.88 Å². The van der Waals surface area contributed by atoms with Crippen molar-refractivity contribution >= 4 is 11.7 Å². The summed E-state index contributed by atoms with van der Waals surface area (Å²) in [5, 5.41) is 6.87. The fourth-order valence-electron chi connectivity index (χ4n) is 1.48. The van der Waals surface area contributed by atoms with Crippen molar-refractivity contribution in [2.24, 2.45) is 0 Å². The van der Waals surface area contributed by atoms with Crippen LogP contribution in [0.3, 0.4) is 0 Å². The second kappa shape index (κ2) is 3.05. The summed E-state index contributed by atoms with van der Waals surface area (Å²) in [4.78, 5) is 2.24. The van der Waals surface area contributed by atoms with E-state index in [9.17, 15) is 0 Å². The first-order valence-corrected chi connectivity index (χ1v) is 4.29. The van der Waals surface area contributed by atoms with Crippen molar-refractivity contribution in [3.05, 3.63) is 6.07 Å². The Morgan fingerprint density at radius 2 is 2.25 bits per heavy atom. The van der Waals surface area contributed by atoms with Gasteiger partial charge in [-0.05, 0) is 12.8 Å². The van der Waals surface area contributed by atoms with Crippen molar-refractivity contribution in [1.82, 2.24) is 5.16 Å². The molecule has 0 aromatic carbocycles. The average molecular weight is 167 g/mol. The molecule has 0 atom stereocenters. The first-order valence-electron chi connectivity index (χ1n) is 4.29. The number of hydrogen-bond acceptors (Lipinski definition) is 4. The van der Waals surface area contributed by atoms with E-state index in [1.807, 2.05) is 13.1 Å². The molecule has 1 aromatic rings. The van der Waals surface area contributed by atoms with Crippen molar-refractivity contribution < 1.29 is 4.52 Å². The Labute approximate surface area is 71.5 Å². The quantitative estimate of drug-likeness (QED) is 0.721. The Bertz CT molecular complexity index is 253. The fourth-order valence-corrected chi connectivity index (χ4v) is 1.48. The maximum atomic E-state index is 5.02. The molecule has 2 heterocycles. The monoisotopic (exact) mass is 167 g/mol. The maximum absolute atomic E-state index is 5.02. The summed E-state index contributed by atoms with van der Waals surface area (Å²) < 4.78 is 5.02. The molecule has 0 amide bonds. The summed E-state index contributed by atoms with van der Waals surface area (Å²) in [5.74, 6) is 1.69. The van der Waals surface area contributed by atoms with Crippen LogP contribution in [0.4, 0.5) is 11.7 Å². The number of nitrogens with zero attached hydrogens (tertiary/aromatic N) is 2. The predicted octanol–water partition coefficient (Wildman–Crippen LogP) is 1.32. The van der Waals surface area contributed by atoms with Crippen LogP contribution in [0.5, 0.6) is 0 Å². The zero-order chi connectivity index (χ0) is 8.39. The minimum absolute atomic E-state index is 0.733. The molecule has 0 radical (unpaired) electrons. The highest BCUT2D eigenvalue weighted by molar-refractivity contribution is 5.47. The molecule has 4 nitrogen and oxygen atoms in total. The molecule has 0 bridgehead atoms. The molecule has 1 aliphatic rings. The highest BCUT2D eigenvalue weighted by Gasteiger charge is 2.15. The van der Waals surface area contributed by atoms with E-state index in [1.165, 1.54) is 12.8 Å². The lowest BCUT2D eigenvalue weighted by atomic mass is 10.4. The van der Waals surface area contributed by atoms with Gasteiger partial charge in [0.15, 0.2) is 5.82 Å². The SMILES string of the molecule is CNc1cc(N2CCCC2)no1. The summed E-state index contributed by atoms with van der Waals surface area (Å²) in [6.07, 6.45) is 2.53. The smallest absolute Gasteiger partial charge is 0.226 e. The van der Waals surface area contributed by atoms with Gasteiger partial charge in [0.05, 0.1) is 0 Å². The molecule has 66 valence electrons. The highest BCUT2D eigenvalue weighted by atomic mass is 16.5. The van der Waals surface area contributed by atoms with E-state index in [-0.39, 0.29) is 0 Å². The molecule has 0 unspecified atom stereocenters. The normalized spacial score (nSPS) is 16.9. The molecule has 0 aliphatic carbocycles. The molecule has 2 rings (SSSR count). The Kier molecular flexibility index (Phi) is 1.89. The van der Waals surface area contributed by atoms with E-state index < -0.39 is 0 Å². The van der Waals surface area contributed by atoms with Crippen molar-refractivity contribution in [2.45, 2.75) is 12.8 Å². The molecule has 1 fully saturated rings. The zero-order valence-electron chi connectivity index (χ0n) is 7.21. The Balaban J connectivity index is 2.11. The minimum Gasteiger partial charge on any atom is -0.357 e. The summed E-state index contributed by atoms with van der Waals surface area (Å²) >= 11 is 0. The van der Waals surface area contributed by atoms with Gasteiger partial charge in [-0.1, -0.05) is 5.16 Å². The molecule has 0 saturated carbocycles. The molecule has 1 aliphatic heterocycles. The third kappa shape index (κ3) is 1.24. The third-order valence-corrected chi connectivity index (χ3v) is 2.17. The lowest BCUT2D eigenvalue weighted by Gasteiger charge is -2.11. The van der Waals surface area contributed by atoms with Gasteiger partial charge in [-0.25, -0.2) is 0 Å². The first kappa shape index (κ1) is 7.46. The molecule has 1 N–H and O–H groups in total. The molecular formula is C8H13N3O. The number of rotatable bonds is 2. The van der Waals surface area contributed by atoms with Crippen LogP contribution in [-0.4, -0.2) is 25.3 Å². The van der Waals surface area contributed by atoms with Crippen LogP contribution in [0.15, 0.2) is 10.6 Å². The number of aromatic nitrogens is 1. The van der Waals surface area contributed by atoms with E-state index >= 15 is 0 Å². The van der Waals surface area contributed by atoms with E-state index in [1.54, 1.807) is 0 Å². The highest BCUT2D eigenvalue weighted by Crippen LogP contribution is 2.21. The van der Waals surface area contributed by atoms with Crippen LogP contribution >= 0.6 is 0 Å². The van der Waals surface area contributed by atoms with Crippen LogP contribution in [0, 0.1) is 0 Å². The van der Waals surface area contributed by atoms with E-state index in [2.05, 4.69) is 15.4 Å². The van der Waals surface area contributed by atoms with Crippen LogP contribution < -0.4 is 10.2 Å². The molecule has 1 saturated heterocycles. The van der Waals surface area contributed by atoms with Gasteiger partial charge >= 0.3 is 0 Å². The topological polar surface area (TPSA) is 41.3 Å². The van der Waals surface area contributed by atoms with E-state index in [4.69, 9.17) is 4.52 Å². The number of anilines is 2. The fraction of sp³-hybridized carbons (Fsp3) is 0.625. The second-order valence-electron chi connectivity index (χ2n) is 2.99. The van der Waals surface area contributed by atoms with Crippen LogP contribution in [-0.2, 0) is 0 Å². The van der Waals surface area contributed by atoms with Crippen LogP contribution in [0.2, 0.25) is 0 Å². The minimum atomic E-state index is 0.733. The molecule has 12 heavy (non-hydrogen) atoms. The van der Waals surface area contributed by atoms with Gasteiger partial charge in [0, 0.05) is 26.2 Å². The van der Waals surface area contributed by atoms with Crippen molar-refractivity contribution in [3.8, 4) is 0 Å². The molecule has 0 spiro atoms. The number of hydrogen-bond donors (Lipinski definition) is 1. The standard InChI is InChI=1S/C8H13N3O/c1-9-8-6-7(10-12-8)11-4-2-3-5-11/h6,9H,2-5H2,1H3. The molecule has 4 heteroatoms. The molecule has 1 aromatic heterocycles. The Morgan fingerprint density at radius 3 is 2.83 bits per heavy atom. The van der Waals surface area contributed by atoms with Crippen molar-refractivity contribution in [1.29, 1.82) is 0 Å². The Hall–Kier alpha value is -1.19. The summed E-state index contributed by atoms with van der Waals surface area (Å²) in [6, 6.07) is 1.94. The van der Waals surface area contributed by atoms with E-state index in [0.717, 1.165) is 24.8 Å². The second-order valence-corrected chi connectivity index (χ2v) is 2.99. The maximum Gasteiger partial charge on any atom is 0.226 e. The average Bonchev–Trinajstić information content (AvgIpc) is 2.75. The van der Waals surface area contributed by atoms with Gasteiger partial charge in [0.1, 0.15) is 0 Å². The molecular weight excluding hydrogens is 154 g/mol. The van der Waals surface area contributed by atoms with Gasteiger partial charge in [-0.3, -0.25) is 0 Å². The first-order chi connectivity index (χ1) is 5.90. The van der Waals surface area contributed by atoms with E-state index in [0.29, 0.717) is 0 Å². The third-order valence-electron chi connectivity index (χ3n) is 2.17. The zero-order valence-corrected chi connectivity index (χ0v) is 7.21. The predicted molar refractivity (Wildman–Crippen MR) is 47.5 cm³/mol. The summed E-state index contributed by atoms with van der Waals surface area (Å²) in [5.41, 5.74) is 0. The summed E-state index contributed by atoms with van der Waals surface area (Å²) in [7, 11) is 1.83. The van der Waals surface area contributed by atoms with Crippen molar-refractivity contribution in [3.63, 3.8) is 0 Å². The summed E-state index contributed by atoms with van der Waals surface area (Å²) in [6.45, 7) is 2.21. The van der Waals surface area contributed by atoms with Gasteiger partial charge in [-0.2, -0.15) is 0 Å². The lowest BCUT2D eigenvalue weighted by molar-refractivity contribution is 0.434. The van der Waals surface area contributed by atoms with Gasteiger partial charge in [-0.15, -0.1) is 0 Å². The number of nitrogens with one attached hydrogen (secondary N) is 1. The van der Waals surface area contributed by atoms with Crippen LogP contribution in [0.25, 0.3) is 0 Å². The largest absolute Gasteiger partial charge is 0.357 e. The lowest BCUT2D eigenvalue weighted by Crippen LogP contribution is -2.17. The van der Waals surface area contributed by atoms with Crippen molar-refractivity contribution in [2.75, 3.05) is 30.4 Å².